The van der Waals surface area contributed by atoms with Crippen LogP contribution in [0.25, 0.3) is 0 Å². The minimum atomic E-state index is -5.75. The van der Waals surface area contributed by atoms with Gasteiger partial charge < -0.3 is 52.5 Å². The number of hydrogen-bond donors (Lipinski definition) is 2. The molecule has 0 aliphatic carbocycles. The number of aromatic hydroxyl groups is 2. The number of ether oxygens (including phenoxy) is 7. The van der Waals surface area contributed by atoms with Crippen LogP contribution in [0.1, 0.15) is 136 Å². The van der Waals surface area contributed by atoms with Gasteiger partial charge in [-0.3, -0.25) is 0 Å². The van der Waals surface area contributed by atoms with Crippen molar-refractivity contribution in [1.82, 2.24) is 0 Å². The SMILES string of the molecule is CCc1ccc(O)cc1.CCc1ccc(O)cc1.CCc1ccc(OC(CC(C)(C)C)OC)cc1.CCc1ccc(OC(CC(C)(C)C)OC)cc1.CCc1ccc(OCCCOc2c(F)c(F)c(S(=O)(=O)[O-])c(F)c2F)cc1.CCc1ccc(Oc2c(F)c(F)c(S(=O)(=O)[O-])c(F)c2F)cc1.Fc1ccc([S+](c2ccc(F)cc2)c2ccc(F)cc2)cc1.c1ccc([S+](c2ccccc2)c2ccccc2)cc1. The molecule has 14 rings (SSSR count). The van der Waals surface area contributed by atoms with E-state index in [1.54, 1.807) is 99.1 Å². The third-order valence-corrected chi connectivity index (χ3v) is 26.8. The minimum Gasteiger partial charge on any atom is -0.744 e. The van der Waals surface area contributed by atoms with E-state index in [2.05, 4.69) is 189 Å². The molecular weight excluding hydrogens is 1930 g/mol. The molecule has 2 atom stereocenters. The molecule has 15 nitrogen and oxygen atoms in total. The molecule has 0 radical (unpaired) electrons. The summed E-state index contributed by atoms with van der Waals surface area (Å²) in [6, 6.07) is 94.6. The van der Waals surface area contributed by atoms with Crippen molar-refractivity contribution in [2.45, 2.75) is 193 Å². The maximum absolute atomic E-state index is 13.8. The molecule has 2 N–H and O–H groups in total. The molecule has 0 spiro atoms. The Morgan fingerprint density at radius 3 is 0.769 bits per heavy atom. The van der Waals surface area contributed by atoms with Crippen LogP contribution in [-0.4, -0.2) is 76.2 Å². The fourth-order valence-corrected chi connectivity index (χ4v) is 18.3. The first-order valence-electron chi connectivity index (χ1n) is 45.7. The smallest absolute Gasteiger partial charge is 0.205 e. The molecule has 0 saturated carbocycles. The van der Waals surface area contributed by atoms with Crippen molar-refractivity contribution in [2.24, 2.45) is 10.8 Å². The highest BCUT2D eigenvalue weighted by Crippen LogP contribution is 2.39. The first-order valence-corrected chi connectivity index (χ1v) is 51.0. The fraction of sp³-hybridized carbons (Fsp3) is 0.257. The zero-order chi connectivity index (χ0) is 105. The number of methoxy groups -OCH3 is 2. The fourth-order valence-electron chi connectivity index (χ4n) is 12.9. The van der Waals surface area contributed by atoms with Crippen molar-refractivity contribution in [3.05, 3.63) is 407 Å². The van der Waals surface area contributed by atoms with Crippen molar-refractivity contribution in [1.29, 1.82) is 0 Å². The van der Waals surface area contributed by atoms with Crippen molar-refractivity contribution in [3.8, 4) is 46.0 Å². The molecule has 143 heavy (non-hydrogen) atoms. The van der Waals surface area contributed by atoms with Gasteiger partial charge >= 0.3 is 0 Å². The number of phenolic OH excluding ortho intramolecular Hbond substituents is 2. The summed E-state index contributed by atoms with van der Waals surface area (Å²) < 4.78 is 250. The molecule has 0 saturated heterocycles. The van der Waals surface area contributed by atoms with E-state index in [4.69, 9.17) is 38.6 Å². The third kappa shape index (κ3) is 39.2. The van der Waals surface area contributed by atoms with Crippen LogP contribution in [0.2, 0.25) is 0 Å². The molecule has 0 heterocycles. The zero-order valence-electron chi connectivity index (χ0n) is 81.9. The summed E-state index contributed by atoms with van der Waals surface area (Å²) in [6.07, 6.45) is 7.21. The molecule has 0 aromatic heterocycles. The molecule has 0 aliphatic heterocycles. The van der Waals surface area contributed by atoms with Crippen LogP contribution in [0.15, 0.2) is 349 Å². The summed E-state index contributed by atoms with van der Waals surface area (Å²) in [4.78, 5) is 2.31. The van der Waals surface area contributed by atoms with Crippen LogP contribution < -0.4 is 23.7 Å². The Bertz CT molecular complexity index is 6010. The molecule has 0 bridgehead atoms. The summed E-state index contributed by atoms with van der Waals surface area (Å²) in [6.45, 7) is 25.1. The molecule has 14 aromatic rings. The van der Waals surface area contributed by atoms with Gasteiger partial charge in [0.05, 0.1) is 35.0 Å². The Hall–Kier alpha value is -12.7. The van der Waals surface area contributed by atoms with Crippen LogP contribution in [0, 0.1) is 74.8 Å². The first-order chi connectivity index (χ1) is 67.9. The summed E-state index contributed by atoms with van der Waals surface area (Å²) in [7, 11) is -8.66. The van der Waals surface area contributed by atoms with Gasteiger partial charge in [0.25, 0.3) is 0 Å². The summed E-state index contributed by atoms with van der Waals surface area (Å²) in [5.41, 5.74) is 7.55. The molecule has 0 fully saturated rings. The Balaban J connectivity index is 0.000000226. The highest BCUT2D eigenvalue weighted by Gasteiger charge is 2.34. The molecule has 0 aliphatic rings. The van der Waals surface area contributed by atoms with Gasteiger partial charge in [-0.05, 0) is 265 Å². The highest BCUT2D eigenvalue weighted by atomic mass is 32.2. The van der Waals surface area contributed by atoms with Gasteiger partial charge in [-0.15, -0.1) is 0 Å². The number of halogens is 11. The van der Waals surface area contributed by atoms with Crippen molar-refractivity contribution < 1.29 is 118 Å². The third-order valence-electron chi connectivity index (χ3n) is 20.6. The van der Waals surface area contributed by atoms with Gasteiger partial charge in [0.1, 0.15) is 82.0 Å². The van der Waals surface area contributed by atoms with Crippen molar-refractivity contribution >= 4 is 42.0 Å². The van der Waals surface area contributed by atoms with E-state index in [0.29, 0.717) is 23.7 Å². The van der Waals surface area contributed by atoms with Gasteiger partial charge in [0.15, 0.2) is 71.0 Å². The Kier molecular flexibility index (Phi) is 47.7. The topological polar surface area (TPSA) is 219 Å². The molecule has 30 heteroatoms. The van der Waals surface area contributed by atoms with E-state index in [1.165, 1.54) is 85.5 Å². The predicted octanol–water partition coefficient (Wildman–Crippen LogP) is 29.0. The predicted molar refractivity (Wildman–Crippen MR) is 536 cm³/mol. The lowest BCUT2D eigenvalue weighted by atomic mass is 9.92. The van der Waals surface area contributed by atoms with Crippen molar-refractivity contribution in [3.63, 3.8) is 0 Å². The van der Waals surface area contributed by atoms with Gasteiger partial charge in [-0.25, -0.2) is 47.6 Å². The Morgan fingerprint density at radius 1 is 0.294 bits per heavy atom. The number of rotatable bonds is 30. The largest absolute Gasteiger partial charge is 0.744 e. The molecule has 0 amide bonds. The van der Waals surface area contributed by atoms with Gasteiger partial charge in [0.2, 0.25) is 29.0 Å². The van der Waals surface area contributed by atoms with E-state index in [9.17, 15) is 74.2 Å². The van der Waals surface area contributed by atoms with E-state index in [-0.39, 0.29) is 77.1 Å². The van der Waals surface area contributed by atoms with E-state index >= 15 is 0 Å². The van der Waals surface area contributed by atoms with Crippen molar-refractivity contribution in [2.75, 3.05) is 27.4 Å². The van der Waals surface area contributed by atoms with Crippen LogP contribution in [0.4, 0.5) is 48.3 Å². The average molecular weight is 2050 g/mol. The minimum absolute atomic E-state index is 0.0146. The number of hydrogen-bond acceptors (Lipinski definition) is 15. The van der Waals surface area contributed by atoms with E-state index < -0.39 is 99.0 Å². The Labute approximate surface area is 837 Å². The zero-order valence-corrected chi connectivity index (χ0v) is 85.1. The van der Waals surface area contributed by atoms with E-state index in [1.807, 2.05) is 74.5 Å². The number of benzene rings is 14. The Morgan fingerprint density at radius 2 is 0.524 bits per heavy atom. The molecule has 2 unspecified atom stereocenters. The number of phenols is 2. The van der Waals surface area contributed by atoms with Gasteiger partial charge in [-0.2, -0.15) is 17.6 Å². The molecule has 14 aromatic carbocycles. The lowest BCUT2D eigenvalue weighted by Gasteiger charge is -2.25. The van der Waals surface area contributed by atoms with Gasteiger partial charge in [0, 0.05) is 33.5 Å². The van der Waals surface area contributed by atoms with Crippen LogP contribution in [-0.2, 0) is 90.0 Å². The standard InChI is InChI=1S/C18H12F3S.C18H15S.C17H16F4O5S.2C15H24O2.C14H10F4O4S.2C8H10O/c19-13-1-7-16(8-2-13)22(17-9-3-14(20)4-10-17)18-11-5-15(21)6-12-18;1-4-10-16(11-5-1)19(17-12-6-2-7-13-17)18-14-8-3-9-15-18;1-2-10-4-6-11(7-5-10)25-8-3-9-26-16-12(18)14(20)17(27(22,23)24)15(21)13(16)19;2*1-6-12-7-9-13(10-8-12)17-14(16-5)11-15(2,3)4;1-2-7-3-5-8(6-4-7)22-13-9(15)11(17)14(23(19,20)21)12(18)10(13)16;2*1-2-7-3-5-8(9)6-4-7/h1-12H;1-15H;4-7H,2-3,8-9H2,1H3,(H,22,23,24);2*7-10,14H,6,11H2,1-5H3;3-6H,2H2,1H3,(H,19,20,21);2*3-6,9H,2H2,1H3/q2*+1;;;;;;/p-2. The van der Waals surface area contributed by atoms with Crippen LogP contribution >= 0.6 is 0 Å². The lowest BCUT2D eigenvalue weighted by molar-refractivity contribution is -0.0759. The summed E-state index contributed by atoms with van der Waals surface area (Å²) >= 11 is 0. The maximum Gasteiger partial charge on any atom is 0.205 e. The lowest BCUT2D eigenvalue weighted by Crippen LogP contribution is -2.25. The second kappa shape index (κ2) is 58.2. The van der Waals surface area contributed by atoms with Crippen LogP contribution in [0.3, 0.4) is 0 Å². The van der Waals surface area contributed by atoms with E-state index in [0.717, 1.165) is 82.3 Å². The molecule has 762 valence electrons. The monoisotopic (exact) mass is 2050 g/mol. The summed E-state index contributed by atoms with van der Waals surface area (Å²) in [5, 5.41) is 17.7. The normalized spacial score (nSPS) is 11.5. The van der Waals surface area contributed by atoms with Gasteiger partial charge in [-0.1, -0.05) is 210 Å². The second-order valence-electron chi connectivity index (χ2n) is 33.9. The highest BCUT2D eigenvalue weighted by molar-refractivity contribution is 7.97. The quantitative estimate of drug-likeness (QED) is 0.0107. The number of aryl methyl sites for hydroxylation is 6. The maximum atomic E-state index is 13.8. The second-order valence-corrected chi connectivity index (χ2v) is 40.6. The van der Waals surface area contributed by atoms with Crippen LogP contribution in [0.5, 0.6) is 46.0 Å². The molecular formula is C113H119F11O15S4. The average Bonchev–Trinajstić information content (AvgIpc) is 0.770. The first kappa shape index (κ1) is 117. The summed E-state index contributed by atoms with van der Waals surface area (Å²) in [5.74, 6) is -18.7.